The minimum atomic E-state index is 0.695. The zero-order valence-corrected chi connectivity index (χ0v) is 11.1. The molecule has 3 rings (SSSR count). The lowest BCUT2D eigenvalue weighted by Crippen LogP contribution is -2.02. The second-order valence-corrected chi connectivity index (χ2v) is 4.31. The van der Waals surface area contributed by atoms with Crippen LogP contribution in [0.15, 0.2) is 49.1 Å². The summed E-state index contributed by atoms with van der Waals surface area (Å²) in [4.78, 5) is 12.6. The van der Waals surface area contributed by atoms with Crippen molar-refractivity contribution in [1.82, 2.24) is 15.0 Å². The number of methoxy groups -OCH3 is 1. The minimum absolute atomic E-state index is 0.695. The summed E-state index contributed by atoms with van der Waals surface area (Å²) < 4.78 is 5.20. The number of ether oxygens (including phenoxy) is 1. The molecule has 1 aromatic carbocycles. The number of hydrogen-bond donors (Lipinski definition) is 1. The Hall–Kier alpha value is -2.69. The van der Waals surface area contributed by atoms with Crippen LogP contribution in [0.4, 0.5) is 5.82 Å². The van der Waals surface area contributed by atoms with Crippen LogP contribution >= 0.6 is 0 Å². The van der Waals surface area contributed by atoms with Gasteiger partial charge < -0.3 is 10.1 Å². The van der Waals surface area contributed by atoms with Crippen molar-refractivity contribution in [2.24, 2.45) is 0 Å². The monoisotopic (exact) mass is 266 g/mol. The molecule has 1 N–H and O–H groups in total. The summed E-state index contributed by atoms with van der Waals surface area (Å²) in [6.45, 7) is 0.695. The van der Waals surface area contributed by atoms with Gasteiger partial charge in [0, 0.05) is 30.4 Å². The summed E-state index contributed by atoms with van der Waals surface area (Å²) in [7, 11) is 1.64. The maximum Gasteiger partial charge on any atom is 0.137 e. The van der Waals surface area contributed by atoms with E-state index in [0.717, 1.165) is 28.0 Å². The Balaban J connectivity index is 1.88. The lowest BCUT2D eigenvalue weighted by atomic mass is 10.2. The van der Waals surface area contributed by atoms with Gasteiger partial charge in [-0.15, -0.1) is 0 Å². The predicted molar refractivity (Wildman–Crippen MR) is 77.7 cm³/mol. The smallest absolute Gasteiger partial charge is 0.137 e. The van der Waals surface area contributed by atoms with E-state index in [9.17, 15) is 0 Å². The fraction of sp³-hybridized carbons (Fsp3) is 0.133. The summed E-state index contributed by atoms with van der Waals surface area (Å²) in [5.74, 6) is 1.60. The number of hydrogen-bond acceptors (Lipinski definition) is 5. The van der Waals surface area contributed by atoms with Gasteiger partial charge in [0.25, 0.3) is 0 Å². The number of benzene rings is 1. The number of rotatable bonds is 4. The van der Waals surface area contributed by atoms with Gasteiger partial charge in [-0.1, -0.05) is 0 Å². The third-order valence-electron chi connectivity index (χ3n) is 3.05. The number of anilines is 1. The fourth-order valence-corrected chi connectivity index (χ4v) is 1.99. The molecule has 0 spiro atoms. The van der Waals surface area contributed by atoms with Crippen molar-refractivity contribution < 1.29 is 4.74 Å². The second-order valence-electron chi connectivity index (χ2n) is 4.31. The van der Waals surface area contributed by atoms with Crippen molar-refractivity contribution in [2.45, 2.75) is 6.54 Å². The van der Waals surface area contributed by atoms with Crippen molar-refractivity contribution >= 4 is 16.7 Å². The molecular weight excluding hydrogens is 252 g/mol. The highest BCUT2D eigenvalue weighted by molar-refractivity contribution is 5.89. The molecule has 20 heavy (non-hydrogen) atoms. The zero-order valence-electron chi connectivity index (χ0n) is 11.1. The van der Waals surface area contributed by atoms with Crippen LogP contribution < -0.4 is 10.1 Å². The van der Waals surface area contributed by atoms with Gasteiger partial charge in [-0.25, -0.2) is 9.97 Å². The molecule has 0 aliphatic rings. The maximum atomic E-state index is 5.20. The highest BCUT2D eigenvalue weighted by Crippen LogP contribution is 2.23. The van der Waals surface area contributed by atoms with Crippen LogP contribution in [0.1, 0.15) is 5.56 Å². The Morgan fingerprint density at radius 1 is 1.10 bits per heavy atom. The molecule has 5 heteroatoms. The molecule has 2 heterocycles. The molecule has 0 saturated heterocycles. The first-order chi connectivity index (χ1) is 9.86. The van der Waals surface area contributed by atoms with Crippen LogP contribution in [0, 0.1) is 0 Å². The molecule has 0 amide bonds. The second kappa shape index (κ2) is 5.52. The number of aromatic nitrogens is 3. The number of pyridine rings is 1. The van der Waals surface area contributed by atoms with E-state index in [0.29, 0.717) is 6.54 Å². The number of nitrogens with zero attached hydrogens (tertiary/aromatic N) is 3. The molecule has 5 nitrogen and oxygen atoms in total. The average molecular weight is 266 g/mol. The Morgan fingerprint density at radius 2 is 1.95 bits per heavy atom. The van der Waals surface area contributed by atoms with E-state index in [2.05, 4.69) is 20.3 Å². The highest BCUT2D eigenvalue weighted by Gasteiger charge is 2.04. The van der Waals surface area contributed by atoms with E-state index in [-0.39, 0.29) is 0 Å². The molecule has 0 aliphatic carbocycles. The van der Waals surface area contributed by atoms with Gasteiger partial charge in [-0.2, -0.15) is 0 Å². The SMILES string of the molecule is COc1ccc2c(NCc3ccncc3)ncnc2c1. The maximum absolute atomic E-state index is 5.20. The highest BCUT2D eigenvalue weighted by atomic mass is 16.5. The lowest BCUT2D eigenvalue weighted by Gasteiger charge is -2.09. The van der Waals surface area contributed by atoms with E-state index >= 15 is 0 Å². The standard InChI is InChI=1S/C15H14N4O/c1-20-12-2-3-13-14(8-12)18-10-19-15(13)17-9-11-4-6-16-7-5-11/h2-8,10H,9H2,1H3,(H,17,18,19). The van der Waals surface area contributed by atoms with Gasteiger partial charge in [0.15, 0.2) is 0 Å². The van der Waals surface area contributed by atoms with Gasteiger partial charge in [-0.05, 0) is 29.8 Å². The quantitative estimate of drug-likeness (QED) is 0.786. The van der Waals surface area contributed by atoms with Crippen molar-refractivity contribution in [3.8, 4) is 5.75 Å². The van der Waals surface area contributed by atoms with Gasteiger partial charge in [0.05, 0.1) is 12.6 Å². The number of nitrogens with one attached hydrogen (secondary N) is 1. The molecular formula is C15H14N4O. The first-order valence-corrected chi connectivity index (χ1v) is 6.28. The van der Waals surface area contributed by atoms with E-state index in [4.69, 9.17) is 4.74 Å². The van der Waals surface area contributed by atoms with Crippen molar-refractivity contribution in [1.29, 1.82) is 0 Å². The van der Waals surface area contributed by atoms with Crippen LogP contribution in [0.3, 0.4) is 0 Å². The van der Waals surface area contributed by atoms with Crippen molar-refractivity contribution in [3.05, 3.63) is 54.6 Å². The third kappa shape index (κ3) is 2.51. The molecule has 0 saturated carbocycles. The van der Waals surface area contributed by atoms with Crippen LogP contribution in [-0.2, 0) is 6.54 Å². The van der Waals surface area contributed by atoms with E-state index < -0.39 is 0 Å². The van der Waals surface area contributed by atoms with E-state index in [1.165, 1.54) is 0 Å². The molecule has 3 aromatic rings. The molecule has 0 aliphatic heterocycles. The first-order valence-electron chi connectivity index (χ1n) is 6.28. The van der Waals surface area contributed by atoms with Crippen LogP contribution in [0.25, 0.3) is 10.9 Å². The Kier molecular flexibility index (Phi) is 3.41. The minimum Gasteiger partial charge on any atom is -0.497 e. The molecule has 0 radical (unpaired) electrons. The third-order valence-corrected chi connectivity index (χ3v) is 3.05. The molecule has 0 atom stereocenters. The Bertz CT molecular complexity index is 715. The fourth-order valence-electron chi connectivity index (χ4n) is 1.99. The molecule has 0 unspecified atom stereocenters. The molecule has 2 aromatic heterocycles. The summed E-state index contributed by atoms with van der Waals surface area (Å²) in [6.07, 6.45) is 5.11. The first kappa shape index (κ1) is 12.3. The predicted octanol–water partition coefficient (Wildman–Crippen LogP) is 2.65. The van der Waals surface area contributed by atoms with E-state index in [1.54, 1.807) is 25.8 Å². The van der Waals surface area contributed by atoms with Gasteiger partial charge >= 0.3 is 0 Å². The summed E-state index contributed by atoms with van der Waals surface area (Å²) in [5, 5.41) is 4.30. The number of fused-ring (bicyclic) bond motifs is 1. The molecule has 0 bridgehead atoms. The summed E-state index contributed by atoms with van der Waals surface area (Å²) >= 11 is 0. The summed E-state index contributed by atoms with van der Waals surface area (Å²) in [6, 6.07) is 9.71. The van der Waals surface area contributed by atoms with Crippen LogP contribution in [0.2, 0.25) is 0 Å². The van der Waals surface area contributed by atoms with Crippen molar-refractivity contribution in [3.63, 3.8) is 0 Å². The van der Waals surface area contributed by atoms with Crippen LogP contribution in [0.5, 0.6) is 5.75 Å². The van der Waals surface area contributed by atoms with Gasteiger partial charge in [-0.3, -0.25) is 4.98 Å². The Morgan fingerprint density at radius 3 is 2.75 bits per heavy atom. The summed E-state index contributed by atoms with van der Waals surface area (Å²) in [5.41, 5.74) is 2.01. The Labute approximate surface area is 116 Å². The normalized spacial score (nSPS) is 10.4. The van der Waals surface area contributed by atoms with Crippen molar-refractivity contribution in [2.75, 3.05) is 12.4 Å². The molecule has 100 valence electrons. The van der Waals surface area contributed by atoms with Crippen LogP contribution in [-0.4, -0.2) is 22.1 Å². The van der Waals surface area contributed by atoms with Gasteiger partial charge in [0.2, 0.25) is 0 Å². The average Bonchev–Trinajstić information content (AvgIpc) is 2.53. The lowest BCUT2D eigenvalue weighted by molar-refractivity contribution is 0.415. The zero-order chi connectivity index (χ0) is 13.8. The largest absolute Gasteiger partial charge is 0.497 e. The van der Waals surface area contributed by atoms with Gasteiger partial charge in [0.1, 0.15) is 17.9 Å². The topological polar surface area (TPSA) is 59.9 Å². The molecule has 0 fully saturated rings. The van der Waals surface area contributed by atoms with E-state index in [1.807, 2.05) is 30.3 Å².